The van der Waals surface area contributed by atoms with Gasteiger partial charge < -0.3 is 10.3 Å². The first-order chi connectivity index (χ1) is 12.8. The fraction of sp³-hybridized carbons (Fsp3) is 0.526. The Hall–Kier alpha value is -1.90. The third kappa shape index (κ3) is 5.31. The second-order valence-electron chi connectivity index (χ2n) is 7.50. The molecule has 1 saturated carbocycles. The molecule has 2 aromatic rings. The number of carbonyl (C=O) groups is 1. The molecule has 27 heavy (non-hydrogen) atoms. The minimum absolute atomic E-state index is 0.0515. The Morgan fingerprint density at radius 2 is 1.93 bits per heavy atom. The first-order valence-corrected chi connectivity index (χ1v) is 11.0. The second-order valence-corrected chi connectivity index (χ2v) is 8.98. The lowest BCUT2D eigenvalue weighted by Crippen LogP contribution is -2.53. The third-order valence-corrected chi connectivity index (χ3v) is 6.06. The fourth-order valence-electron chi connectivity index (χ4n) is 3.58. The summed E-state index contributed by atoms with van der Waals surface area (Å²) in [5, 5.41) is 3.80. The Morgan fingerprint density at radius 1 is 1.22 bits per heavy atom. The lowest BCUT2D eigenvalue weighted by molar-refractivity contribution is -0.123. The van der Waals surface area contributed by atoms with E-state index < -0.39 is 16.3 Å². The molecule has 0 bridgehead atoms. The minimum atomic E-state index is -3.77. The normalized spacial score (nSPS) is 16.9. The summed E-state index contributed by atoms with van der Waals surface area (Å²) in [5.41, 5.74) is 1.86. The van der Waals surface area contributed by atoms with E-state index in [1.54, 1.807) is 0 Å². The highest BCUT2D eigenvalue weighted by atomic mass is 32.2. The number of hydrogen-bond acceptors (Lipinski definition) is 3. The Morgan fingerprint density at radius 3 is 2.63 bits per heavy atom. The summed E-state index contributed by atoms with van der Waals surface area (Å²) in [7, 11) is -3.77. The van der Waals surface area contributed by atoms with Crippen molar-refractivity contribution < 1.29 is 13.2 Å². The molecule has 1 fully saturated rings. The molecule has 0 aliphatic heterocycles. The molecule has 1 atom stereocenters. The maximum absolute atomic E-state index is 12.7. The Kier molecular flexibility index (Phi) is 6.18. The van der Waals surface area contributed by atoms with E-state index in [9.17, 15) is 13.2 Å². The maximum atomic E-state index is 12.7. The highest BCUT2D eigenvalue weighted by Crippen LogP contribution is 2.20. The van der Waals surface area contributed by atoms with E-state index in [4.69, 9.17) is 0 Å². The average molecular weight is 393 g/mol. The van der Waals surface area contributed by atoms with E-state index in [1.807, 2.05) is 44.3 Å². The van der Waals surface area contributed by atoms with E-state index in [1.165, 1.54) is 0 Å². The first kappa shape index (κ1) is 19.9. The van der Waals surface area contributed by atoms with Crippen LogP contribution in [0.5, 0.6) is 0 Å². The van der Waals surface area contributed by atoms with Crippen LogP contribution in [0.2, 0.25) is 0 Å². The van der Waals surface area contributed by atoms with Crippen molar-refractivity contribution in [1.82, 2.24) is 19.7 Å². The van der Waals surface area contributed by atoms with Crippen LogP contribution in [0.25, 0.3) is 10.9 Å². The largest absolute Gasteiger partial charge is 0.361 e. The number of aromatic nitrogens is 1. The van der Waals surface area contributed by atoms with E-state index in [0.29, 0.717) is 0 Å². The summed E-state index contributed by atoms with van der Waals surface area (Å²) in [5.74, 6) is -0.327. The van der Waals surface area contributed by atoms with Gasteiger partial charge in [0.05, 0.1) is 0 Å². The quantitative estimate of drug-likeness (QED) is 0.552. The molecule has 4 N–H and O–H groups in total. The van der Waals surface area contributed by atoms with Crippen molar-refractivity contribution in [2.45, 2.75) is 64.1 Å². The summed E-state index contributed by atoms with van der Waals surface area (Å²) in [6, 6.07) is 6.76. The predicted molar refractivity (Wildman–Crippen MR) is 107 cm³/mol. The Labute approximate surface area is 160 Å². The molecule has 0 spiro atoms. The summed E-state index contributed by atoms with van der Waals surface area (Å²) in [4.78, 5) is 15.8. The van der Waals surface area contributed by atoms with Gasteiger partial charge in [-0.2, -0.15) is 17.9 Å². The zero-order valence-corrected chi connectivity index (χ0v) is 16.6. The SMILES string of the molecule is CC(C)NC(=O)C(Cc1c[nH]c2ccccc12)NS(=O)(=O)NC1CCCC1. The molecule has 0 saturated heterocycles. The second kappa shape index (κ2) is 8.41. The molecule has 1 unspecified atom stereocenters. The fourth-order valence-corrected chi connectivity index (χ4v) is 4.89. The van der Waals surface area contributed by atoms with E-state index in [-0.39, 0.29) is 24.4 Å². The zero-order chi connectivity index (χ0) is 19.4. The standard InChI is InChI=1S/C19H28N4O3S/c1-13(2)21-19(24)18(23-27(25,26)22-15-7-3-4-8-15)11-14-12-20-17-10-6-5-9-16(14)17/h5-6,9-10,12-13,15,18,20,22-23H,3-4,7-8,11H2,1-2H3,(H,21,24). The predicted octanol–water partition coefficient (Wildman–Crippen LogP) is 1.97. The van der Waals surface area contributed by atoms with Gasteiger partial charge in [-0.25, -0.2) is 0 Å². The van der Waals surface area contributed by atoms with Crippen molar-refractivity contribution in [3.63, 3.8) is 0 Å². The van der Waals surface area contributed by atoms with Gasteiger partial charge >= 0.3 is 0 Å². The number of aromatic amines is 1. The molecule has 1 aromatic carbocycles. The van der Waals surface area contributed by atoms with Crippen molar-refractivity contribution in [3.8, 4) is 0 Å². The number of para-hydroxylation sites is 1. The van der Waals surface area contributed by atoms with Crippen molar-refractivity contribution in [3.05, 3.63) is 36.0 Å². The Balaban J connectivity index is 1.79. The molecule has 1 aliphatic rings. The smallest absolute Gasteiger partial charge is 0.277 e. The van der Waals surface area contributed by atoms with E-state index in [2.05, 4.69) is 19.7 Å². The van der Waals surface area contributed by atoms with Gasteiger partial charge in [0.1, 0.15) is 6.04 Å². The van der Waals surface area contributed by atoms with Crippen molar-refractivity contribution in [2.75, 3.05) is 0 Å². The molecular weight excluding hydrogens is 364 g/mol. The molecule has 1 amide bonds. The Bertz CT molecular complexity index is 885. The van der Waals surface area contributed by atoms with Crippen molar-refractivity contribution in [1.29, 1.82) is 0 Å². The van der Waals surface area contributed by atoms with Gasteiger partial charge in [0, 0.05) is 29.2 Å². The summed E-state index contributed by atoms with van der Waals surface area (Å²) < 4.78 is 30.4. The van der Waals surface area contributed by atoms with Crippen LogP contribution in [0.3, 0.4) is 0 Å². The minimum Gasteiger partial charge on any atom is -0.361 e. The van der Waals surface area contributed by atoms with Crippen LogP contribution >= 0.6 is 0 Å². The molecule has 1 heterocycles. The van der Waals surface area contributed by atoms with Crippen molar-refractivity contribution in [2.24, 2.45) is 0 Å². The number of amides is 1. The van der Waals surface area contributed by atoms with Crippen LogP contribution in [0.4, 0.5) is 0 Å². The van der Waals surface area contributed by atoms with Crippen LogP contribution in [0.15, 0.2) is 30.5 Å². The lowest BCUT2D eigenvalue weighted by atomic mass is 10.0. The summed E-state index contributed by atoms with van der Waals surface area (Å²) in [6.45, 7) is 3.71. The third-order valence-electron chi connectivity index (χ3n) is 4.82. The highest BCUT2D eigenvalue weighted by Gasteiger charge is 2.28. The van der Waals surface area contributed by atoms with Gasteiger partial charge in [0.25, 0.3) is 10.2 Å². The monoisotopic (exact) mass is 392 g/mol. The average Bonchev–Trinajstić information content (AvgIpc) is 3.23. The van der Waals surface area contributed by atoms with Gasteiger partial charge in [-0.15, -0.1) is 0 Å². The number of benzene rings is 1. The molecule has 148 valence electrons. The maximum Gasteiger partial charge on any atom is 0.277 e. The number of carbonyl (C=O) groups excluding carboxylic acids is 1. The van der Waals surface area contributed by atoms with Gasteiger partial charge in [-0.3, -0.25) is 4.79 Å². The van der Waals surface area contributed by atoms with Crippen LogP contribution in [0, 0.1) is 0 Å². The van der Waals surface area contributed by atoms with Gasteiger partial charge in [-0.05, 0) is 44.7 Å². The van der Waals surface area contributed by atoms with Gasteiger partial charge in [0.2, 0.25) is 5.91 Å². The van der Waals surface area contributed by atoms with E-state index in [0.717, 1.165) is 42.1 Å². The molecule has 1 aliphatic carbocycles. The number of hydrogen-bond donors (Lipinski definition) is 4. The van der Waals surface area contributed by atoms with Gasteiger partial charge in [0.15, 0.2) is 0 Å². The number of H-pyrrole nitrogens is 1. The van der Waals surface area contributed by atoms with Crippen LogP contribution in [-0.2, 0) is 21.4 Å². The first-order valence-electron chi connectivity index (χ1n) is 9.49. The van der Waals surface area contributed by atoms with Crippen LogP contribution in [-0.4, -0.2) is 37.4 Å². The number of rotatable bonds is 8. The molecule has 7 nitrogen and oxygen atoms in total. The summed E-state index contributed by atoms with van der Waals surface area (Å²) in [6.07, 6.45) is 5.84. The number of nitrogens with one attached hydrogen (secondary N) is 4. The summed E-state index contributed by atoms with van der Waals surface area (Å²) >= 11 is 0. The van der Waals surface area contributed by atoms with Crippen LogP contribution in [0.1, 0.15) is 45.1 Å². The topological polar surface area (TPSA) is 103 Å². The van der Waals surface area contributed by atoms with Gasteiger partial charge in [-0.1, -0.05) is 31.0 Å². The van der Waals surface area contributed by atoms with Crippen molar-refractivity contribution >= 4 is 27.0 Å². The molecule has 3 rings (SSSR count). The number of fused-ring (bicyclic) bond motifs is 1. The molecule has 8 heteroatoms. The zero-order valence-electron chi connectivity index (χ0n) is 15.8. The molecule has 1 aromatic heterocycles. The highest BCUT2D eigenvalue weighted by molar-refractivity contribution is 7.87. The van der Waals surface area contributed by atoms with E-state index >= 15 is 0 Å². The molecule has 0 radical (unpaired) electrons. The lowest BCUT2D eigenvalue weighted by Gasteiger charge is -2.21. The van der Waals surface area contributed by atoms with Crippen LogP contribution < -0.4 is 14.8 Å². The molecular formula is C19H28N4O3S.